The van der Waals surface area contributed by atoms with E-state index in [0.29, 0.717) is 17.0 Å². The second kappa shape index (κ2) is 6.42. The lowest BCUT2D eigenvalue weighted by Gasteiger charge is -2.19. The number of hydrogen-bond acceptors (Lipinski definition) is 6. The molecule has 2 aromatic rings. The van der Waals surface area contributed by atoms with Gasteiger partial charge in [-0.25, -0.2) is 4.98 Å². The molecular weight excluding hydrogens is 320 g/mol. The lowest BCUT2D eigenvalue weighted by atomic mass is 10.2. The molecule has 0 fully saturated rings. The average molecular weight is 340 g/mol. The summed E-state index contributed by atoms with van der Waals surface area (Å²) >= 11 is 2.90. The number of H-pyrrole nitrogens is 1. The molecule has 2 aromatic heterocycles. The molecular formula is C15H20N2O3S2. The minimum Gasteiger partial charge on any atom is -0.459 e. The molecule has 0 bridgehead atoms. The van der Waals surface area contributed by atoms with E-state index >= 15 is 0 Å². The lowest BCUT2D eigenvalue weighted by molar-refractivity contribution is -0.151. The van der Waals surface area contributed by atoms with Gasteiger partial charge in [-0.3, -0.25) is 9.59 Å². The number of hydrogen-bond donors (Lipinski definition) is 1. The summed E-state index contributed by atoms with van der Waals surface area (Å²) in [5, 5.41) is 0.670. The monoisotopic (exact) mass is 340 g/mol. The summed E-state index contributed by atoms with van der Waals surface area (Å²) in [5.41, 5.74) is 0.399. The summed E-state index contributed by atoms with van der Waals surface area (Å²) < 4.78 is 5.24. The van der Waals surface area contributed by atoms with Crippen LogP contribution in [0.4, 0.5) is 0 Å². The van der Waals surface area contributed by atoms with Gasteiger partial charge in [0, 0.05) is 4.88 Å². The fourth-order valence-corrected chi connectivity index (χ4v) is 3.68. The van der Waals surface area contributed by atoms with Crippen LogP contribution in [0.3, 0.4) is 0 Å². The molecule has 0 saturated heterocycles. The maximum Gasteiger partial charge on any atom is 0.316 e. The molecule has 0 spiro atoms. The van der Waals surface area contributed by atoms with Gasteiger partial charge in [-0.05, 0) is 40.2 Å². The Morgan fingerprint density at radius 3 is 2.68 bits per heavy atom. The van der Waals surface area contributed by atoms with Crippen molar-refractivity contribution < 1.29 is 9.53 Å². The fraction of sp³-hybridized carbons (Fsp3) is 0.533. The highest BCUT2D eigenvalue weighted by molar-refractivity contribution is 7.99. The summed E-state index contributed by atoms with van der Waals surface area (Å²) in [6.45, 7) is 9.43. The van der Waals surface area contributed by atoms with Crippen molar-refractivity contribution in [1.82, 2.24) is 9.97 Å². The van der Waals surface area contributed by atoms with Gasteiger partial charge in [0.25, 0.3) is 5.56 Å². The molecule has 0 aliphatic heterocycles. The quantitative estimate of drug-likeness (QED) is 0.866. The third-order valence-corrected chi connectivity index (χ3v) is 4.99. The van der Waals surface area contributed by atoms with Crippen LogP contribution >= 0.6 is 23.1 Å². The largest absolute Gasteiger partial charge is 0.459 e. The molecule has 0 atom stereocenters. The van der Waals surface area contributed by atoms with Crippen LogP contribution in [0.25, 0.3) is 10.2 Å². The Morgan fingerprint density at radius 1 is 1.36 bits per heavy atom. The molecule has 2 rings (SSSR count). The Bertz CT molecular complexity index is 756. The molecule has 0 radical (unpaired) electrons. The smallest absolute Gasteiger partial charge is 0.316 e. The molecule has 0 aliphatic rings. The summed E-state index contributed by atoms with van der Waals surface area (Å²) in [4.78, 5) is 32.9. The molecule has 0 aliphatic carbocycles. The molecule has 1 N–H and O–H groups in total. The second-order valence-corrected chi connectivity index (χ2v) is 8.24. The highest BCUT2D eigenvalue weighted by Gasteiger charge is 2.16. The summed E-state index contributed by atoms with van der Waals surface area (Å²) in [6.07, 6.45) is 0. The van der Waals surface area contributed by atoms with Gasteiger partial charge in [0.1, 0.15) is 16.3 Å². The standard InChI is InChI=1S/C15H20N2O3S2/c1-8-9(2)22-14-12(8)13(19)16-10(17-14)6-21-7-11(18)20-15(3,4)5/h6-7H2,1-5H3,(H,16,17,19). The van der Waals surface area contributed by atoms with Crippen LogP contribution in [-0.4, -0.2) is 27.3 Å². The number of carbonyl (C=O) groups excluding carboxylic acids is 1. The minimum absolute atomic E-state index is 0.111. The van der Waals surface area contributed by atoms with E-state index in [-0.39, 0.29) is 17.3 Å². The minimum atomic E-state index is -0.477. The van der Waals surface area contributed by atoms with Crippen molar-refractivity contribution in [3.63, 3.8) is 0 Å². The molecule has 0 unspecified atom stereocenters. The van der Waals surface area contributed by atoms with E-state index in [1.807, 2.05) is 34.6 Å². The van der Waals surface area contributed by atoms with Crippen molar-refractivity contribution in [2.45, 2.75) is 46.0 Å². The normalized spacial score (nSPS) is 11.9. The maximum absolute atomic E-state index is 12.1. The van der Waals surface area contributed by atoms with Crippen LogP contribution in [0, 0.1) is 13.8 Å². The predicted octanol–water partition coefficient (Wildman–Crippen LogP) is 3.18. The van der Waals surface area contributed by atoms with Crippen molar-refractivity contribution in [3.8, 4) is 0 Å². The number of aromatic amines is 1. The Hall–Kier alpha value is -1.34. The number of nitrogens with one attached hydrogen (secondary N) is 1. The third kappa shape index (κ3) is 4.10. The van der Waals surface area contributed by atoms with Gasteiger partial charge in [0.2, 0.25) is 0 Å². The van der Waals surface area contributed by atoms with Crippen LogP contribution in [-0.2, 0) is 15.3 Å². The first-order chi connectivity index (χ1) is 10.2. The molecule has 120 valence electrons. The van der Waals surface area contributed by atoms with Gasteiger partial charge in [-0.15, -0.1) is 23.1 Å². The summed E-state index contributed by atoms with van der Waals surface area (Å²) in [7, 11) is 0. The average Bonchev–Trinajstić information content (AvgIpc) is 2.63. The Kier molecular flexibility index (Phi) is 4.97. The van der Waals surface area contributed by atoms with E-state index in [4.69, 9.17) is 4.74 Å². The SMILES string of the molecule is Cc1sc2nc(CSCC(=O)OC(C)(C)C)[nH]c(=O)c2c1C. The Labute approximate surface area is 137 Å². The number of aryl methyl sites for hydroxylation is 2. The Morgan fingerprint density at radius 2 is 2.05 bits per heavy atom. The zero-order chi connectivity index (χ0) is 16.5. The van der Waals surface area contributed by atoms with E-state index in [1.165, 1.54) is 23.1 Å². The van der Waals surface area contributed by atoms with E-state index in [2.05, 4.69) is 9.97 Å². The van der Waals surface area contributed by atoms with Crippen molar-refractivity contribution in [2.75, 3.05) is 5.75 Å². The number of thiophene rings is 1. The number of carbonyl (C=O) groups is 1. The number of ether oxygens (including phenoxy) is 1. The molecule has 5 nitrogen and oxygen atoms in total. The number of esters is 1. The topological polar surface area (TPSA) is 72.0 Å². The molecule has 0 saturated carbocycles. The second-order valence-electron chi connectivity index (χ2n) is 6.06. The predicted molar refractivity (Wildman–Crippen MR) is 91.7 cm³/mol. The summed E-state index contributed by atoms with van der Waals surface area (Å²) in [5.74, 6) is 1.04. The number of nitrogens with zero attached hydrogens (tertiary/aromatic N) is 1. The van der Waals surface area contributed by atoms with Crippen molar-refractivity contribution in [1.29, 1.82) is 0 Å². The fourth-order valence-electron chi connectivity index (χ4n) is 1.97. The zero-order valence-corrected chi connectivity index (χ0v) is 15.0. The van der Waals surface area contributed by atoms with Crippen LogP contribution in [0.5, 0.6) is 0 Å². The first kappa shape index (κ1) is 17.0. The summed E-state index contributed by atoms with van der Waals surface area (Å²) in [6, 6.07) is 0. The Balaban J connectivity index is 2.04. The number of thioether (sulfide) groups is 1. The molecule has 0 aromatic carbocycles. The highest BCUT2D eigenvalue weighted by Crippen LogP contribution is 2.26. The zero-order valence-electron chi connectivity index (χ0n) is 13.4. The van der Waals surface area contributed by atoms with Gasteiger partial charge in [0.15, 0.2) is 0 Å². The first-order valence-electron chi connectivity index (χ1n) is 6.96. The van der Waals surface area contributed by atoms with Gasteiger partial charge in [-0.1, -0.05) is 0 Å². The number of aromatic nitrogens is 2. The number of fused-ring (bicyclic) bond motifs is 1. The molecule has 2 heterocycles. The van der Waals surface area contributed by atoms with Gasteiger partial charge >= 0.3 is 5.97 Å². The van der Waals surface area contributed by atoms with Crippen molar-refractivity contribution in [2.24, 2.45) is 0 Å². The van der Waals surface area contributed by atoms with Crippen molar-refractivity contribution in [3.05, 3.63) is 26.6 Å². The maximum atomic E-state index is 12.1. The van der Waals surface area contributed by atoms with E-state index in [0.717, 1.165) is 15.3 Å². The number of rotatable bonds is 4. The van der Waals surface area contributed by atoms with Crippen LogP contribution in [0.1, 0.15) is 37.0 Å². The van der Waals surface area contributed by atoms with E-state index in [9.17, 15) is 9.59 Å². The highest BCUT2D eigenvalue weighted by atomic mass is 32.2. The third-order valence-electron chi connectivity index (χ3n) is 2.97. The van der Waals surface area contributed by atoms with E-state index in [1.54, 1.807) is 0 Å². The van der Waals surface area contributed by atoms with Gasteiger partial charge in [0.05, 0.1) is 16.9 Å². The molecule has 22 heavy (non-hydrogen) atoms. The van der Waals surface area contributed by atoms with E-state index < -0.39 is 5.60 Å². The van der Waals surface area contributed by atoms with Crippen LogP contribution in [0.2, 0.25) is 0 Å². The molecule has 0 amide bonds. The van der Waals surface area contributed by atoms with Gasteiger partial charge < -0.3 is 9.72 Å². The van der Waals surface area contributed by atoms with Crippen LogP contribution in [0.15, 0.2) is 4.79 Å². The lowest BCUT2D eigenvalue weighted by Crippen LogP contribution is -2.25. The van der Waals surface area contributed by atoms with Crippen molar-refractivity contribution >= 4 is 39.3 Å². The first-order valence-corrected chi connectivity index (χ1v) is 8.93. The van der Waals surface area contributed by atoms with Crippen LogP contribution < -0.4 is 5.56 Å². The van der Waals surface area contributed by atoms with Gasteiger partial charge in [-0.2, -0.15) is 0 Å². The molecule has 7 heteroatoms.